The fraction of sp³-hybridized carbons (Fsp3) is 0.583. The van der Waals surface area contributed by atoms with Gasteiger partial charge in [0.2, 0.25) is 15.8 Å². The van der Waals surface area contributed by atoms with Gasteiger partial charge in [0.1, 0.15) is 10.7 Å². The summed E-state index contributed by atoms with van der Waals surface area (Å²) in [6.45, 7) is 5.35. The first-order chi connectivity index (χ1) is 9.25. The maximum Gasteiger partial charge on any atom is 0.371 e. The number of likely N-dealkylation sites (N-methyl/N-ethyl adjacent to an activating group) is 1. The van der Waals surface area contributed by atoms with Crippen LogP contribution in [0.1, 0.15) is 30.2 Å². The van der Waals surface area contributed by atoms with E-state index in [-0.39, 0.29) is 29.8 Å². The zero-order valence-electron chi connectivity index (χ0n) is 11.9. The second kappa shape index (κ2) is 6.38. The van der Waals surface area contributed by atoms with E-state index in [0.29, 0.717) is 0 Å². The number of hydrogen-bond acceptors (Lipinski definition) is 5. The maximum atomic E-state index is 12.6. The number of carbonyl (C=O) groups is 1. The number of aromatic carboxylic acids is 1. The average molecular weight is 305 g/mol. The minimum absolute atomic E-state index is 0.0606. The van der Waals surface area contributed by atoms with E-state index in [2.05, 4.69) is 0 Å². The Morgan fingerprint density at radius 1 is 1.55 bits per heavy atom. The maximum absolute atomic E-state index is 12.6. The predicted molar refractivity (Wildman–Crippen MR) is 71.3 cm³/mol. The number of sulfonamides is 1. The molecular weight excluding hydrogens is 286 g/mol. The second-order valence-corrected chi connectivity index (χ2v) is 6.21. The molecule has 0 bridgehead atoms. The van der Waals surface area contributed by atoms with Crippen molar-refractivity contribution in [2.24, 2.45) is 0 Å². The summed E-state index contributed by atoms with van der Waals surface area (Å²) in [4.78, 5) is 10.7. The molecule has 0 saturated carbocycles. The summed E-state index contributed by atoms with van der Waals surface area (Å²) >= 11 is 0. The summed E-state index contributed by atoms with van der Waals surface area (Å²) in [7, 11) is -2.33. The normalized spacial score (nSPS) is 13.7. The summed E-state index contributed by atoms with van der Waals surface area (Å²) in [5.41, 5.74) is 0. The van der Waals surface area contributed by atoms with Gasteiger partial charge in [0, 0.05) is 25.8 Å². The molecule has 7 nitrogen and oxygen atoms in total. The molecule has 1 aromatic rings. The number of carboxylic acid groups (broad SMARTS) is 1. The van der Waals surface area contributed by atoms with Crippen molar-refractivity contribution in [1.29, 1.82) is 0 Å². The van der Waals surface area contributed by atoms with Crippen LogP contribution in [0.4, 0.5) is 0 Å². The highest BCUT2D eigenvalue weighted by molar-refractivity contribution is 7.89. The molecule has 0 radical (unpaired) electrons. The highest BCUT2D eigenvalue weighted by Gasteiger charge is 2.32. The van der Waals surface area contributed by atoms with Gasteiger partial charge in [0.15, 0.2) is 0 Å². The van der Waals surface area contributed by atoms with Crippen molar-refractivity contribution in [3.8, 4) is 0 Å². The molecule has 1 atom stereocenters. The van der Waals surface area contributed by atoms with Crippen LogP contribution in [0.25, 0.3) is 0 Å². The molecule has 1 N–H and O–H groups in total. The molecular formula is C12H19NO6S. The summed E-state index contributed by atoms with van der Waals surface area (Å²) in [5.74, 6) is -1.63. The minimum Gasteiger partial charge on any atom is -0.475 e. The van der Waals surface area contributed by atoms with E-state index in [1.54, 1.807) is 13.8 Å². The molecule has 20 heavy (non-hydrogen) atoms. The van der Waals surface area contributed by atoms with Crippen LogP contribution in [0.15, 0.2) is 15.4 Å². The third-order valence-electron chi connectivity index (χ3n) is 2.88. The van der Waals surface area contributed by atoms with Crippen molar-refractivity contribution >= 4 is 16.0 Å². The molecule has 1 heterocycles. The molecule has 0 fully saturated rings. The van der Waals surface area contributed by atoms with Crippen LogP contribution in [0, 0.1) is 6.92 Å². The Morgan fingerprint density at radius 3 is 2.55 bits per heavy atom. The van der Waals surface area contributed by atoms with Gasteiger partial charge in [-0.1, -0.05) is 6.92 Å². The van der Waals surface area contributed by atoms with Crippen LogP contribution in [-0.2, 0) is 14.8 Å². The third kappa shape index (κ3) is 3.20. The average Bonchev–Trinajstić information content (AvgIpc) is 2.73. The Morgan fingerprint density at radius 2 is 2.15 bits per heavy atom. The highest BCUT2D eigenvalue weighted by atomic mass is 32.2. The van der Waals surface area contributed by atoms with Crippen molar-refractivity contribution in [3.05, 3.63) is 17.6 Å². The fourth-order valence-corrected chi connectivity index (χ4v) is 3.78. The number of ether oxygens (including phenoxy) is 1. The Balaban J connectivity index is 3.24. The smallest absolute Gasteiger partial charge is 0.371 e. The van der Waals surface area contributed by atoms with Crippen molar-refractivity contribution in [2.75, 3.05) is 20.3 Å². The van der Waals surface area contributed by atoms with Crippen LogP contribution < -0.4 is 0 Å². The highest BCUT2D eigenvalue weighted by Crippen LogP contribution is 2.25. The lowest BCUT2D eigenvalue weighted by atomic mass is 10.4. The van der Waals surface area contributed by atoms with Gasteiger partial charge in [-0.3, -0.25) is 0 Å². The van der Waals surface area contributed by atoms with Gasteiger partial charge >= 0.3 is 5.97 Å². The van der Waals surface area contributed by atoms with Crippen LogP contribution in [0.3, 0.4) is 0 Å². The van der Waals surface area contributed by atoms with Gasteiger partial charge in [-0.05, 0) is 13.8 Å². The number of hydrogen-bond donors (Lipinski definition) is 1. The second-order valence-electron chi connectivity index (χ2n) is 4.35. The SMILES string of the molecule is CCN(C(C)COC)S(=O)(=O)c1cc(C(=O)O)oc1C. The first kappa shape index (κ1) is 16.7. The summed E-state index contributed by atoms with van der Waals surface area (Å²) in [5, 5.41) is 8.86. The summed E-state index contributed by atoms with van der Waals surface area (Å²) in [6.07, 6.45) is 0. The zero-order valence-corrected chi connectivity index (χ0v) is 12.7. The monoisotopic (exact) mass is 305 g/mol. The Bertz CT molecular complexity index is 577. The van der Waals surface area contributed by atoms with Crippen LogP contribution in [0.5, 0.6) is 0 Å². The number of furan rings is 1. The van der Waals surface area contributed by atoms with E-state index in [9.17, 15) is 13.2 Å². The molecule has 8 heteroatoms. The molecule has 1 aromatic heterocycles. The Hall–Kier alpha value is -1.38. The van der Waals surface area contributed by atoms with Gasteiger partial charge in [-0.15, -0.1) is 0 Å². The predicted octanol–water partition coefficient (Wildman–Crippen LogP) is 1.33. The van der Waals surface area contributed by atoms with E-state index in [4.69, 9.17) is 14.3 Å². The lowest BCUT2D eigenvalue weighted by molar-refractivity contribution is 0.0661. The summed E-state index contributed by atoms with van der Waals surface area (Å²) < 4.78 is 36.3. The topological polar surface area (TPSA) is 97.0 Å². The van der Waals surface area contributed by atoms with Crippen LogP contribution >= 0.6 is 0 Å². The first-order valence-electron chi connectivity index (χ1n) is 6.10. The third-order valence-corrected chi connectivity index (χ3v) is 5.08. The molecule has 0 aromatic carbocycles. The van der Waals surface area contributed by atoms with E-state index in [1.165, 1.54) is 18.3 Å². The van der Waals surface area contributed by atoms with Crippen molar-refractivity contribution in [1.82, 2.24) is 4.31 Å². The molecule has 1 rings (SSSR count). The first-order valence-corrected chi connectivity index (χ1v) is 7.54. The lowest BCUT2D eigenvalue weighted by Gasteiger charge is -2.26. The van der Waals surface area contributed by atoms with E-state index >= 15 is 0 Å². The van der Waals surface area contributed by atoms with Gasteiger partial charge in [-0.25, -0.2) is 13.2 Å². The molecule has 114 valence electrons. The van der Waals surface area contributed by atoms with Gasteiger partial charge in [0.05, 0.1) is 6.61 Å². The lowest BCUT2D eigenvalue weighted by Crippen LogP contribution is -2.40. The zero-order chi connectivity index (χ0) is 15.5. The molecule has 0 spiro atoms. The molecule has 0 aliphatic rings. The van der Waals surface area contributed by atoms with E-state index in [1.807, 2.05) is 0 Å². The van der Waals surface area contributed by atoms with Gasteiger partial charge < -0.3 is 14.3 Å². The Labute approximate surface area is 118 Å². The Kier molecular flexibility index (Phi) is 5.32. The minimum atomic E-state index is -3.82. The molecule has 0 aliphatic carbocycles. The number of carboxylic acids is 1. The van der Waals surface area contributed by atoms with E-state index < -0.39 is 21.8 Å². The summed E-state index contributed by atoms with van der Waals surface area (Å²) in [6, 6.07) is 0.674. The largest absolute Gasteiger partial charge is 0.475 e. The van der Waals surface area contributed by atoms with Crippen molar-refractivity contribution in [2.45, 2.75) is 31.7 Å². The number of rotatable bonds is 7. The molecule has 0 amide bonds. The molecule has 1 unspecified atom stereocenters. The quantitative estimate of drug-likeness (QED) is 0.816. The molecule has 0 aliphatic heterocycles. The van der Waals surface area contributed by atoms with Crippen molar-refractivity contribution in [3.63, 3.8) is 0 Å². The van der Waals surface area contributed by atoms with Gasteiger partial charge in [0.25, 0.3) is 0 Å². The number of aryl methyl sites for hydroxylation is 1. The number of nitrogens with zero attached hydrogens (tertiary/aromatic N) is 1. The number of methoxy groups -OCH3 is 1. The standard InChI is InChI=1S/C12H19NO6S/c1-5-13(8(2)7-18-4)20(16,17)11-6-10(12(14)15)19-9(11)3/h6,8H,5,7H2,1-4H3,(H,14,15). The van der Waals surface area contributed by atoms with Gasteiger partial charge in [-0.2, -0.15) is 4.31 Å². The van der Waals surface area contributed by atoms with Crippen LogP contribution in [0.2, 0.25) is 0 Å². The van der Waals surface area contributed by atoms with E-state index in [0.717, 1.165) is 6.07 Å². The fourth-order valence-electron chi connectivity index (χ4n) is 2.00. The van der Waals surface area contributed by atoms with Crippen molar-refractivity contribution < 1.29 is 27.5 Å². The molecule has 0 saturated heterocycles. The van der Waals surface area contributed by atoms with Crippen LogP contribution in [-0.4, -0.2) is 50.1 Å².